The summed E-state index contributed by atoms with van der Waals surface area (Å²) in [5.41, 5.74) is 3.37. The van der Waals surface area contributed by atoms with Gasteiger partial charge in [0.2, 0.25) is 0 Å². The molecular formula is C19H19N3O2. The number of hydrogen-bond acceptors (Lipinski definition) is 4. The van der Waals surface area contributed by atoms with Crippen LogP contribution in [0, 0.1) is 0 Å². The molecule has 122 valence electrons. The first-order valence-corrected chi connectivity index (χ1v) is 8.25. The lowest BCUT2D eigenvalue weighted by atomic mass is 10.1. The van der Waals surface area contributed by atoms with Crippen molar-refractivity contribution in [2.24, 2.45) is 0 Å². The molecule has 1 N–H and O–H groups in total. The topological polar surface area (TPSA) is 58.4 Å². The second kappa shape index (κ2) is 6.45. The van der Waals surface area contributed by atoms with Crippen LogP contribution in [0.15, 0.2) is 53.3 Å². The van der Waals surface area contributed by atoms with Crippen LogP contribution in [0.4, 0.5) is 0 Å². The lowest BCUT2D eigenvalue weighted by Crippen LogP contribution is -2.34. The van der Waals surface area contributed by atoms with E-state index < -0.39 is 0 Å². The van der Waals surface area contributed by atoms with E-state index in [4.69, 9.17) is 4.42 Å². The standard InChI is InChI=1S/C19H19N3O2/c23-19(22-9-1-7-20-8-10-22)16-2-4-17(21-13-16)14-3-5-18-15(12-14)6-11-24-18/h2-6,11-13,20H,1,7-10H2. The maximum absolute atomic E-state index is 12.6. The molecule has 3 aromatic rings. The van der Waals surface area contributed by atoms with Crippen LogP contribution in [-0.2, 0) is 0 Å². The molecule has 0 radical (unpaired) electrons. The summed E-state index contributed by atoms with van der Waals surface area (Å²) in [4.78, 5) is 19.0. The molecule has 3 heterocycles. The monoisotopic (exact) mass is 321 g/mol. The molecule has 24 heavy (non-hydrogen) atoms. The fraction of sp³-hybridized carbons (Fsp3) is 0.263. The number of rotatable bonds is 2. The largest absolute Gasteiger partial charge is 0.464 e. The van der Waals surface area contributed by atoms with Crippen LogP contribution in [0.3, 0.4) is 0 Å². The molecule has 4 rings (SSSR count). The Morgan fingerprint density at radius 2 is 2.08 bits per heavy atom. The van der Waals surface area contributed by atoms with Crippen LogP contribution < -0.4 is 5.32 Å². The SMILES string of the molecule is O=C(c1ccc(-c2ccc3occc3c2)nc1)N1CCCNCC1. The Kier molecular flexibility index (Phi) is 4.01. The molecule has 1 saturated heterocycles. The highest BCUT2D eigenvalue weighted by Gasteiger charge is 2.17. The van der Waals surface area contributed by atoms with Gasteiger partial charge in [-0.05, 0) is 49.4 Å². The van der Waals surface area contributed by atoms with Gasteiger partial charge in [-0.15, -0.1) is 0 Å². The number of nitrogens with one attached hydrogen (secondary N) is 1. The van der Waals surface area contributed by atoms with Crippen LogP contribution in [0.5, 0.6) is 0 Å². The van der Waals surface area contributed by atoms with E-state index in [-0.39, 0.29) is 5.91 Å². The van der Waals surface area contributed by atoms with Crippen molar-refractivity contribution in [2.45, 2.75) is 6.42 Å². The van der Waals surface area contributed by atoms with Crippen molar-refractivity contribution in [2.75, 3.05) is 26.2 Å². The number of carbonyl (C=O) groups is 1. The summed E-state index contributed by atoms with van der Waals surface area (Å²) >= 11 is 0. The van der Waals surface area contributed by atoms with Crippen molar-refractivity contribution in [1.29, 1.82) is 0 Å². The first-order valence-electron chi connectivity index (χ1n) is 8.25. The van der Waals surface area contributed by atoms with Crippen molar-refractivity contribution in [3.8, 4) is 11.3 Å². The molecule has 0 saturated carbocycles. The molecule has 1 aliphatic heterocycles. The normalized spacial score (nSPS) is 15.4. The number of pyridine rings is 1. The molecular weight excluding hydrogens is 302 g/mol. The summed E-state index contributed by atoms with van der Waals surface area (Å²) in [6.07, 6.45) is 4.34. The Balaban J connectivity index is 1.56. The van der Waals surface area contributed by atoms with Crippen molar-refractivity contribution in [1.82, 2.24) is 15.2 Å². The van der Waals surface area contributed by atoms with Crippen LogP contribution in [0.2, 0.25) is 0 Å². The molecule has 0 bridgehead atoms. The van der Waals surface area contributed by atoms with Crippen molar-refractivity contribution < 1.29 is 9.21 Å². The smallest absolute Gasteiger partial charge is 0.255 e. The van der Waals surface area contributed by atoms with Gasteiger partial charge in [-0.1, -0.05) is 0 Å². The third-order valence-electron chi connectivity index (χ3n) is 4.39. The van der Waals surface area contributed by atoms with Crippen LogP contribution in [-0.4, -0.2) is 42.0 Å². The summed E-state index contributed by atoms with van der Waals surface area (Å²) < 4.78 is 5.36. The zero-order chi connectivity index (χ0) is 16.4. The number of benzene rings is 1. The molecule has 0 aliphatic carbocycles. The minimum Gasteiger partial charge on any atom is -0.464 e. The lowest BCUT2D eigenvalue weighted by Gasteiger charge is -2.19. The third kappa shape index (κ3) is 2.90. The molecule has 1 fully saturated rings. The fourth-order valence-corrected chi connectivity index (χ4v) is 3.05. The highest BCUT2D eigenvalue weighted by Crippen LogP contribution is 2.24. The number of carbonyl (C=O) groups excluding carboxylic acids is 1. The zero-order valence-corrected chi connectivity index (χ0v) is 13.4. The maximum atomic E-state index is 12.6. The summed E-state index contributed by atoms with van der Waals surface area (Å²) in [7, 11) is 0. The predicted octanol–water partition coefficient (Wildman–Crippen LogP) is 2.93. The first kappa shape index (κ1) is 14.9. The van der Waals surface area contributed by atoms with Crippen molar-refractivity contribution in [3.05, 3.63) is 54.4 Å². The van der Waals surface area contributed by atoms with Gasteiger partial charge in [0.25, 0.3) is 5.91 Å². The number of nitrogens with zero attached hydrogens (tertiary/aromatic N) is 2. The second-order valence-electron chi connectivity index (χ2n) is 6.00. The third-order valence-corrected chi connectivity index (χ3v) is 4.39. The average molecular weight is 321 g/mol. The van der Waals surface area contributed by atoms with E-state index in [1.807, 2.05) is 41.3 Å². The number of amides is 1. The Labute approximate surface area is 140 Å². The van der Waals surface area contributed by atoms with Crippen molar-refractivity contribution in [3.63, 3.8) is 0 Å². The van der Waals surface area contributed by atoms with E-state index in [0.29, 0.717) is 5.56 Å². The lowest BCUT2D eigenvalue weighted by molar-refractivity contribution is 0.0766. The summed E-state index contributed by atoms with van der Waals surface area (Å²) in [5.74, 6) is 0.0584. The van der Waals surface area contributed by atoms with E-state index >= 15 is 0 Å². The first-order chi connectivity index (χ1) is 11.8. The number of fused-ring (bicyclic) bond motifs is 1. The predicted molar refractivity (Wildman–Crippen MR) is 92.8 cm³/mol. The van der Waals surface area contributed by atoms with Gasteiger partial charge < -0.3 is 14.6 Å². The van der Waals surface area contributed by atoms with E-state index in [1.54, 1.807) is 12.5 Å². The van der Waals surface area contributed by atoms with Gasteiger partial charge in [-0.2, -0.15) is 0 Å². The van der Waals surface area contributed by atoms with E-state index in [9.17, 15) is 4.79 Å². The minimum absolute atomic E-state index is 0.0584. The quantitative estimate of drug-likeness (QED) is 0.788. The Morgan fingerprint density at radius 3 is 2.96 bits per heavy atom. The molecule has 1 aliphatic rings. The summed E-state index contributed by atoms with van der Waals surface area (Å²) in [6, 6.07) is 11.7. The van der Waals surface area contributed by atoms with E-state index in [2.05, 4.69) is 10.3 Å². The summed E-state index contributed by atoms with van der Waals surface area (Å²) in [5, 5.41) is 4.36. The molecule has 5 nitrogen and oxygen atoms in total. The molecule has 0 spiro atoms. The van der Waals surface area contributed by atoms with Gasteiger partial charge in [0, 0.05) is 36.8 Å². The van der Waals surface area contributed by atoms with Crippen molar-refractivity contribution >= 4 is 16.9 Å². The maximum Gasteiger partial charge on any atom is 0.255 e. The highest BCUT2D eigenvalue weighted by molar-refractivity contribution is 5.94. The number of aromatic nitrogens is 1. The van der Waals surface area contributed by atoms with Gasteiger partial charge >= 0.3 is 0 Å². The summed E-state index contributed by atoms with van der Waals surface area (Å²) in [6.45, 7) is 3.36. The van der Waals surface area contributed by atoms with Gasteiger partial charge in [-0.25, -0.2) is 0 Å². The van der Waals surface area contributed by atoms with Crippen LogP contribution in [0.25, 0.3) is 22.2 Å². The van der Waals surface area contributed by atoms with E-state index in [0.717, 1.165) is 54.8 Å². The fourth-order valence-electron chi connectivity index (χ4n) is 3.05. The van der Waals surface area contributed by atoms with Crippen LogP contribution >= 0.6 is 0 Å². The zero-order valence-electron chi connectivity index (χ0n) is 13.4. The molecule has 5 heteroatoms. The molecule has 0 atom stereocenters. The molecule has 0 unspecified atom stereocenters. The van der Waals surface area contributed by atoms with Gasteiger partial charge in [0.15, 0.2) is 0 Å². The highest BCUT2D eigenvalue weighted by atomic mass is 16.3. The molecule has 1 amide bonds. The number of hydrogen-bond donors (Lipinski definition) is 1. The Hall–Kier alpha value is -2.66. The van der Waals surface area contributed by atoms with Gasteiger partial charge in [-0.3, -0.25) is 9.78 Å². The van der Waals surface area contributed by atoms with Gasteiger partial charge in [0.05, 0.1) is 17.5 Å². The minimum atomic E-state index is 0.0584. The molecule has 2 aromatic heterocycles. The van der Waals surface area contributed by atoms with E-state index in [1.165, 1.54) is 0 Å². The average Bonchev–Trinajstić information content (AvgIpc) is 2.93. The molecule has 1 aromatic carbocycles. The number of furan rings is 1. The van der Waals surface area contributed by atoms with Crippen LogP contribution in [0.1, 0.15) is 16.8 Å². The Bertz CT molecular complexity index is 846. The second-order valence-corrected chi connectivity index (χ2v) is 6.00. The van der Waals surface area contributed by atoms with Gasteiger partial charge in [0.1, 0.15) is 5.58 Å². The Morgan fingerprint density at radius 1 is 1.12 bits per heavy atom.